The second kappa shape index (κ2) is 8.52. The lowest BCUT2D eigenvalue weighted by Gasteiger charge is -2.02. The maximum Gasteiger partial charge on any atom is 0.303 e. The summed E-state index contributed by atoms with van der Waals surface area (Å²) in [7, 11) is -0.450. The highest BCUT2D eigenvalue weighted by molar-refractivity contribution is 6.57. The molecule has 0 saturated carbocycles. The van der Waals surface area contributed by atoms with Crippen molar-refractivity contribution in [2.75, 3.05) is 0 Å². The summed E-state index contributed by atoms with van der Waals surface area (Å²) in [6.07, 6.45) is 0. The average molecular weight is 235 g/mol. The monoisotopic (exact) mass is 234 g/mol. The molecule has 2 amide bonds. The quantitative estimate of drug-likeness (QED) is 0.459. The van der Waals surface area contributed by atoms with Crippen LogP contribution < -0.4 is 10.7 Å². The molecule has 0 radical (unpaired) electrons. The molecule has 0 saturated heterocycles. The number of amides is 2. The Morgan fingerprint density at radius 1 is 1.38 bits per heavy atom. The van der Waals surface area contributed by atoms with Crippen LogP contribution in [-0.4, -0.2) is 34.0 Å². The van der Waals surface area contributed by atoms with Gasteiger partial charge in [0.05, 0.1) is 0 Å². The second-order valence-electron chi connectivity index (χ2n) is 3.89. The van der Waals surface area contributed by atoms with E-state index in [1.54, 1.807) is 0 Å². The highest BCUT2D eigenvalue weighted by atomic mass is 28.3. The molecule has 0 fully saturated rings. The van der Waals surface area contributed by atoms with Crippen LogP contribution in [0.2, 0.25) is 37.3 Å². The van der Waals surface area contributed by atoms with Crippen molar-refractivity contribution < 1.29 is 4.79 Å². The summed E-state index contributed by atoms with van der Waals surface area (Å²) in [5.41, 5.74) is 4.97. The fraction of sp³-hybridized carbons (Fsp3) is 0.857. The van der Waals surface area contributed by atoms with Gasteiger partial charge in [-0.2, -0.15) is 0 Å². The van der Waals surface area contributed by atoms with Gasteiger partial charge in [0.1, 0.15) is 9.68 Å². The Kier molecular flexibility index (Phi) is 8.46. The van der Waals surface area contributed by atoms with Gasteiger partial charge >= 0.3 is 6.03 Å². The normalized spacial score (nSPS) is 12.2. The summed E-state index contributed by atoms with van der Waals surface area (Å²) in [6, 6.07) is 5.39. The van der Waals surface area contributed by atoms with Crippen LogP contribution >= 0.6 is 0 Å². The van der Waals surface area contributed by atoms with Gasteiger partial charge in [0, 0.05) is 18.3 Å². The summed E-state index contributed by atoms with van der Waals surface area (Å²) < 4.78 is 0. The van der Waals surface area contributed by atoms with Crippen LogP contribution in [0.25, 0.3) is 0 Å². The third-order valence-corrected chi connectivity index (χ3v) is 8.75. The van der Waals surface area contributed by atoms with Crippen molar-refractivity contribution in [2.24, 2.45) is 5.73 Å². The van der Waals surface area contributed by atoms with Gasteiger partial charge in [0.25, 0.3) is 0 Å². The number of nitrogens with two attached hydrogens (primary N) is 1. The molecule has 0 heterocycles. The van der Waals surface area contributed by atoms with Gasteiger partial charge in [0.2, 0.25) is 0 Å². The van der Waals surface area contributed by atoms with Gasteiger partial charge in [-0.15, -0.1) is 0 Å². The molecular formula is C7H22N2OSi3. The Bertz CT molecular complexity index is 144. The average Bonchev–Trinajstić information content (AvgIpc) is 2.01. The highest BCUT2D eigenvalue weighted by Gasteiger charge is 1.97. The Balaban J connectivity index is 2.96. The second-order valence-corrected chi connectivity index (χ2v) is 10.9. The van der Waals surface area contributed by atoms with E-state index in [0.29, 0.717) is 0 Å². The Morgan fingerprint density at radius 3 is 2.62 bits per heavy atom. The van der Waals surface area contributed by atoms with Crippen LogP contribution in [-0.2, 0) is 0 Å². The van der Waals surface area contributed by atoms with Crippen LogP contribution in [0.5, 0.6) is 0 Å². The van der Waals surface area contributed by atoms with Crippen molar-refractivity contribution in [3.05, 3.63) is 0 Å². The van der Waals surface area contributed by atoms with Gasteiger partial charge in [0.15, 0.2) is 0 Å². The fourth-order valence-corrected chi connectivity index (χ4v) is 8.85. The molecule has 13 heavy (non-hydrogen) atoms. The maximum absolute atomic E-state index is 10.3. The zero-order valence-electron chi connectivity index (χ0n) is 8.81. The zero-order valence-corrected chi connectivity index (χ0v) is 12.8. The minimum Gasteiger partial charge on any atom is -0.370 e. The lowest BCUT2D eigenvalue weighted by atomic mass is 10.9. The van der Waals surface area contributed by atoms with Crippen molar-refractivity contribution >= 4 is 34.0 Å². The highest BCUT2D eigenvalue weighted by Crippen LogP contribution is 2.00. The van der Waals surface area contributed by atoms with Crippen molar-refractivity contribution in [1.82, 2.24) is 4.98 Å². The zero-order chi connectivity index (χ0) is 10.1. The van der Waals surface area contributed by atoms with Crippen molar-refractivity contribution in [3.63, 3.8) is 0 Å². The Labute approximate surface area is 87.2 Å². The predicted molar refractivity (Wildman–Crippen MR) is 67.9 cm³/mol. The molecule has 3 N–H and O–H groups in total. The number of nitrogens with one attached hydrogen (secondary N) is 1. The lowest BCUT2D eigenvalue weighted by molar-refractivity contribution is 0.253. The van der Waals surface area contributed by atoms with Crippen LogP contribution in [0, 0.1) is 0 Å². The third-order valence-electron chi connectivity index (χ3n) is 2.01. The van der Waals surface area contributed by atoms with Gasteiger partial charge in [-0.3, -0.25) is 4.79 Å². The minimum absolute atomic E-state index is 0.201. The topological polar surface area (TPSA) is 55.1 Å². The molecule has 78 valence electrons. The molecule has 0 aliphatic rings. The van der Waals surface area contributed by atoms with Gasteiger partial charge in [-0.1, -0.05) is 31.2 Å². The van der Waals surface area contributed by atoms with Gasteiger partial charge in [-0.05, 0) is 6.04 Å². The van der Waals surface area contributed by atoms with E-state index in [9.17, 15) is 4.79 Å². The third kappa shape index (κ3) is 11.9. The van der Waals surface area contributed by atoms with E-state index in [1.807, 2.05) is 0 Å². The summed E-state index contributed by atoms with van der Waals surface area (Å²) in [5.74, 6) is 0. The molecule has 0 aromatic heterocycles. The van der Waals surface area contributed by atoms with Crippen molar-refractivity contribution in [3.8, 4) is 0 Å². The molecular weight excluding hydrogens is 212 g/mol. The molecule has 0 atom stereocenters. The molecule has 3 nitrogen and oxygen atoms in total. The molecule has 0 bridgehead atoms. The van der Waals surface area contributed by atoms with Crippen LogP contribution in [0.15, 0.2) is 0 Å². The molecule has 6 heteroatoms. The standard InChI is InChI=1S/C7H22N2OSi3/c1-13(2)6-5-11-3-4-12-9-7(8)10/h13H,3-6,11-12H2,1-2H3,(H3,8,9,10). The van der Waals surface area contributed by atoms with Gasteiger partial charge in [-0.25, -0.2) is 0 Å². The van der Waals surface area contributed by atoms with E-state index >= 15 is 0 Å². The molecule has 0 aromatic rings. The maximum atomic E-state index is 10.3. The first-order chi connectivity index (χ1) is 6.13. The largest absolute Gasteiger partial charge is 0.370 e. The lowest BCUT2D eigenvalue weighted by Crippen LogP contribution is -2.32. The Hall–Kier alpha value is -0.0794. The molecule has 0 aliphatic heterocycles. The van der Waals surface area contributed by atoms with E-state index in [1.165, 1.54) is 24.2 Å². The first-order valence-electron chi connectivity index (χ1n) is 5.16. The van der Waals surface area contributed by atoms with Crippen molar-refractivity contribution in [1.29, 1.82) is 0 Å². The number of carbonyl (C=O) groups is 1. The van der Waals surface area contributed by atoms with Gasteiger partial charge < -0.3 is 10.7 Å². The fourth-order valence-electron chi connectivity index (χ4n) is 1.24. The molecule has 0 aromatic carbocycles. The SMILES string of the molecule is C[SiH](C)CC[SiH2]CC[SiH2]NC(N)=O. The van der Waals surface area contributed by atoms with Crippen LogP contribution in [0.3, 0.4) is 0 Å². The molecule has 0 rings (SSSR count). The van der Waals surface area contributed by atoms with E-state index < -0.39 is 0 Å². The number of hydrogen-bond acceptors (Lipinski definition) is 1. The predicted octanol–water partition coefficient (Wildman–Crippen LogP) is -0.351. The van der Waals surface area contributed by atoms with Crippen LogP contribution in [0.1, 0.15) is 0 Å². The number of carbonyl (C=O) groups excluding carboxylic acids is 1. The minimum atomic E-state index is -0.362. The number of urea groups is 1. The van der Waals surface area contributed by atoms with E-state index in [-0.39, 0.29) is 34.0 Å². The van der Waals surface area contributed by atoms with E-state index in [0.717, 1.165) is 0 Å². The van der Waals surface area contributed by atoms with E-state index in [4.69, 9.17) is 5.73 Å². The number of rotatable bonds is 7. The smallest absolute Gasteiger partial charge is 0.303 e. The first kappa shape index (κ1) is 12.9. The van der Waals surface area contributed by atoms with E-state index in [2.05, 4.69) is 18.1 Å². The summed E-state index contributed by atoms with van der Waals surface area (Å²) in [5, 5.41) is 0. The Morgan fingerprint density at radius 2 is 2.08 bits per heavy atom. The summed E-state index contributed by atoms with van der Waals surface area (Å²) in [4.78, 5) is 13.1. The van der Waals surface area contributed by atoms with Crippen LogP contribution in [0.4, 0.5) is 4.79 Å². The molecule has 0 unspecified atom stereocenters. The molecule has 0 aliphatic carbocycles. The summed E-state index contributed by atoms with van der Waals surface area (Å²) >= 11 is 0. The number of hydrogen-bond donors (Lipinski definition) is 2. The number of primary amides is 1. The van der Waals surface area contributed by atoms with Crippen molar-refractivity contribution in [2.45, 2.75) is 37.3 Å². The summed E-state index contributed by atoms with van der Waals surface area (Å²) in [6.45, 7) is 4.83. The first-order valence-corrected chi connectivity index (χ1v) is 12.0. The molecule has 0 spiro atoms.